The van der Waals surface area contributed by atoms with Crippen LogP contribution in [-0.4, -0.2) is 20.7 Å². The summed E-state index contributed by atoms with van der Waals surface area (Å²) in [4.78, 5) is 17.6. The summed E-state index contributed by atoms with van der Waals surface area (Å²) in [6, 6.07) is 12.6. The van der Waals surface area contributed by atoms with Gasteiger partial charge in [0.15, 0.2) is 5.65 Å². The molecular weight excluding hydrogens is 386 g/mol. The van der Waals surface area contributed by atoms with Crippen LogP contribution in [0.3, 0.4) is 0 Å². The lowest BCUT2D eigenvalue weighted by Gasteiger charge is -2.09. The molecule has 2 aromatic heterocycles. The third-order valence-corrected chi connectivity index (χ3v) is 4.95. The molecule has 0 aliphatic rings. The van der Waals surface area contributed by atoms with Crippen molar-refractivity contribution in [2.75, 3.05) is 5.32 Å². The van der Waals surface area contributed by atoms with Gasteiger partial charge in [0, 0.05) is 11.8 Å². The molecule has 152 valence electrons. The Morgan fingerprint density at radius 3 is 2.47 bits per heavy atom. The van der Waals surface area contributed by atoms with E-state index in [1.54, 1.807) is 24.6 Å². The van der Waals surface area contributed by atoms with Crippen LogP contribution in [0, 0.1) is 25.5 Å². The molecule has 4 aromatic rings. The van der Waals surface area contributed by atoms with E-state index in [0.29, 0.717) is 28.0 Å². The fourth-order valence-corrected chi connectivity index (χ4v) is 3.43. The molecule has 0 spiro atoms. The molecule has 30 heavy (non-hydrogen) atoms. The fraction of sp³-hybridized carbons (Fsp3) is 0.174. The number of rotatable bonds is 4. The quantitative estimate of drug-likeness (QED) is 0.511. The molecule has 0 saturated carbocycles. The second-order valence-electron chi connectivity index (χ2n) is 7.11. The summed E-state index contributed by atoms with van der Waals surface area (Å²) in [5.74, 6) is -2.06. The van der Waals surface area contributed by atoms with Gasteiger partial charge < -0.3 is 5.32 Å². The number of halogens is 2. The zero-order valence-corrected chi connectivity index (χ0v) is 16.8. The predicted molar refractivity (Wildman–Crippen MR) is 112 cm³/mol. The number of aryl methyl sites for hydroxylation is 3. The first-order chi connectivity index (χ1) is 14.4. The van der Waals surface area contributed by atoms with Gasteiger partial charge in [-0.15, -0.1) is 0 Å². The number of aromatic nitrogens is 3. The maximum atomic E-state index is 14.0. The number of carbonyl (C=O) groups is 1. The minimum absolute atomic E-state index is 0.0933. The van der Waals surface area contributed by atoms with Crippen molar-refractivity contribution in [3.63, 3.8) is 0 Å². The van der Waals surface area contributed by atoms with E-state index in [2.05, 4.69) is 22.3 Å². The van der Waals surface area contributed by atoms with Crippen molar-refractivity contribution in [1.29, 1.82) is 0 Å². The van der Waals surface area contributed by atoms with Crippen LogP contribution in [0.15, 0.2) is 48.5 Å². The Hall–Kier alpha value is -3.61. The third-order valence-electron chi connectivity index (χ3n) is 4.95. The second kappa shape index (κ2) is 7.67. The average molecular weight is 406 g/mol. The third kappa shape index (κ3) is 3.54. The number of fused-ring (bicyclic) bond motifs is 1. The Balaban J connectivity index is 1.80. The highest BCUT2D eigenvalue weighted by molar-refractivity contribution is 6.12. The van der Waals surface area contributed by atoms with E-state index in [0.717, 1.165) is 24.2 Å². The number of nitrogens with one attached hydrogen (secondary N) is 1. The molecule has 2 aromatic carbocycles. The summed E-state index contributed by atoms with van der Waals surface area (Å²) < 4.78 is 28.9. The fourth-order valence-electron chi connectivity index (χ4n) is 3.43. The topological polar surface area (TPSA) is 59.8 Å². The summed E-state index contributed by atoms with van der Waals surface area (Å²) in [7, 11) is 0. The van der Waals surface area contributed by atoms with Gasteiger partial charge in [0.1, 0.15) is 11.6 Å². The maximum absolute atomic E-state index is 14.0. The van der Waals surface area contributed by atoms with E-state index in [9.17, 15) is 13.6 Å². The molecule has 0 radical (unpaired) electrons. The highest BCUT2D eigenvalue weighted by Crippen LogP contribution is 2.26. The number of amides is 1. The molecule has 1 amide bonds. The van der Waals surface area contributed by atoms with Gasteiger partial charge in [-0.3, -0.25) is 4.79 Å². The first-order valence-electron chi connectivity index (χ1n) is 9.60. The molecule has 0 bridgehead atoms. The zero-order valence-electron chi connectivity index (χ0n) is 16.8. The standard InChI is InChI=1S/C23H20F2N4O/c1-4-15-5-8-17(9-6-15)29-22-21(14(3)28-29)18(11-13(2)26-22)23(30)27-20-10-7-16(24)12-19(20)25/h5-12H,4H2,1-3H3,(H,27,30). The van der Waals surface area contributed by atoms with Crippen LogP contribution < -0.4 is 5.32 Å². The minimum atomic E-state index is -0.839. The van der Waals surface area contributed by atoms with Crippen molar-refractivity contribution in [3.05, 3.63) is 82.7 Å². The lowest BCUT2D eigenvalue weighted by atomic mass is 10.1. The molecule has 0 fully saturated rings. The van der Waals surface area contributed by atoms with Crippen molar-refractivity contribution in [3.8, 4) is 5.69 Å². The van der Waals surface area contributed by atoms with Gasteiger partial charge in [0.05, 0.1) is 28.0 Å². The Labute approximate surface area is 172 Å². The van der Waals surface area contributed by atoms with E-state index >= 15 is 0 Å². The molecule has 0 unspecified atom stereocenters. The van der Waals surface area contributed by atoms with Crippen molar-refractivity contribution >= 4 is 22.6 Å². The van der Waals surface area contributed by atoms with E-state index in [-0.39, 0.29) is 5.69 Å². The predicted octanol–water partition coefficient (Wildman–Crippen LogP) is 5.13. The summed E-state index contributed by atoms with van der Waals surface area (Å²) in [6.45, 7) is 5.66. The van der Waals surface area contributed by atoms with Crippen molar-refractivity contribution in [1.82, 2.24) is 14.8 Å². The Kier molecular flexibility index (Phi) is 5.03. The number of hydrogen-bond donors (Lipinski definition) is 1. The minimum Gasteiger partial charge on any atom is -0.319 e. The van der Waals surface area contributed by atoms with Gasteiger partial charge in [0.2, 0.25) is 0 Å². The average Bonchev–Trinajstić information content (AvgIpc) is 3.05. The van der Waals surface area contributed by atoms with Crippen molar-refractivity contribution in [2.45, 2.75) is 27.2 Å². The Bertz CT molecular complexity index is 1260. The van der Waals surface area contributed by atoms with Gasteiger partial charge in [-0.1, -0.05) is 19.1 Å². The number of carbonyl (C=O) groups excluding carboxylic acids is 1. The van der Waals surface area contributed by atoms with Crippen LogP contribution in [0.1, 0.15) is 34.2 Å². The lowest BCUT2D eigenvalue weighted by Crippen LogP contribution is -2.14. The monoisotopic (exact) mass is 406 g/mol. The Morgan fingerprint density at radius 2 is 1.80 bits per heavy atom. The van der Waals surface area contributed by atoms with Gasteiger partial charge in [-0.25, -0.2) is 18.4 Å². The molecule has 7 heteroatoms. The second-order valence-corrected chi connectivity index (χ2v) is 7.11. The van der Waals surface area contributed by atoms with E-state index in [1.165, 1.54) is 11.6 Å². The lowest BCUT2D eigenvalue weighted by molar-refractivity contribution is 0.102. The molecule has 5 nitrogen and oxygen atoms in total. The molecule has 1 N–H and O–H groups in total. The largest absolute Gasteiger partial charge is 0.319 e. The molecular formula is C23H20F2N4O. The van der Waals surface area contributed by atoms with Crippen LogP contribution in [0.25, 0.3) is 16.7 Å². The van der Waals surface area contributed by atoms with Crippen LogP contribution in [0.5, 0.6) is 0 Å². The van der Waals surface area contributed by atoms with E-state index in [4.69, 9.17) is 0 Å². The number of pyridine rings is 1. The maximum Gasteiger partial charge on any atom is 0.256 e. The van der Waals surface area contributed by atoms with Gasteiger partial charge in [-0.05, 0) is 56.2 Å². The smallest absolute Gasteiger partial charge is 0.256 e. The van der Waals surface area contributed by atoms with Crippen molar-refractivity contribution in [2.24, 2.45) is 0 Å². The first kappa shape index (κ1) is 19.7. The van der Waals surface area contributed by atoms with E-state index < -0.39 is 17.5 Å². The summed E-state index contributed by atoms with van der Waals surface area (Å²) in [6.07, 6.45) is 0.931. The highest BCUT2D eigenvalue weighted by Gasteiger charge is 2.20. The van der Waals surface area contributed by atoms with Crippen molar-refractivity contribution < 1.29 is 13.6 Å². The van der Waals surface area contributed by atoms with Crippen LogP contribution in [0.4, 0.5) is 14.5 Å². The first-order valence-corrected chi connectivity index (χ1v) is 9.60. The zero-order chi connectivity index (χ0) is 21.4. The van der Waals surface area contributed by atoms with E-state index in [1.807, 2.05) is 24.3 Å². The van der Waals surface area contributed by atoms with Crippen LogP contribution in [0.2, 0.25) is 0 Å². The molecule has 0 saturated heterocycles. The number of hydrogen-bond acceptors (Lipinski definition) is 3. The Morgan fingerprint density at radius 1 is 1.07 bits per heavy atom. The summed E-state index contributed by atoms with van der Waals surface area (Å²) in [5.41, 5.74) is 4.07. The molecule has 2 heterocycles. The highest BCUT2D eigenvalue weighted by atomic mass is 19.1. The van der Waals surface area contributed by atoms with Crippen LogP contribution in [-0.2, 0) is 6.42 Å². The number of nitrogens with zero attached hydrogens (tertiary/aromatic N) is 3. The number of anilines is 1. The van der Waals surface area contributed by atoms with Gasteiger partial charge >= 0.3 is 0 Å². The molecule has 4 rings (SSSR count). The molecule has 0 aliphatic heterocycles. The van der Waals surface area contributed by atoms with Gasteiger partial charge in [-0.2, -0.15) is 5.10 Å². The van der Waals surface area contributed by atoms with Gasteiger partial charge in [0.25, 0.3) is 5.91 Å². The normalized spacial score (nSPS) is 11.1. The molecule has 0 aliphatic carbocycles. The molecule has 0 atom stereocenters. The van der Waals surface area contributed by atoms with Crippen LogP contribution >= 0.6 is 0 Å². The summed E-state index contributed by atoms with van der Waals surface area (Å²) in [5, 5.41) is 7.69. The summed E-state index contributed by atoms with van der Waals surface area (Å²) >= 11 is 0. The SMILES string of the molecule is CCc1ccc(-n2nc(C)c3c(C(=O)Nc4ccc(F)cc4F)cc(C)nc32)cc1. The number of benzene rings is 2.